The highest BCUT2D eigenvalue weighted by atomic mass is 19.1. The number of benzene rings is 2. The lowest BCUT2D eigenvalue weighted by Crippen LogP contribution is -2.46. The van der Waals surface area contributed by atoms with Crippen LogP contribution in [0.5, 0.6) is 11.5 Å². The third-order valence-corrected chi connectivity index (χ3v) is 5.86. The van der Waals surface area contributed by atoms with Crippen LogP contribution in [0.25, 0.3) is 0 Å². The summed E-state index contributed by atoms with van der Waals surface area (Å²) >= 11 is 0. The minimum Gasteiger partial charge on any atom is -0.497 e. The van der Waals surface area contributed by atoms with E-state index in [2.05, 4.69) is 9.88 Å². The van der Waals surface area contributed by atoms with E-state index in [1.54, 1.807) is 44.7 Å². The van der Waals surface area contributed by atoms with Crippen molar-refractivity contribution in [2.75, 3.05) is 45.3 Å². The standard InChI is InChI=1S/C25H28FN3O3/c1-31-19-10-9-18(23(16-19)32-2)17-28-12-14-29(15-13-28)24-20(6-5-7-21(24)26)25(30)22-8-3-4-11-27-22/h3-11,16,25,30H,12-15,17H2,1-2H3. The number of aromatic nitrogens is 1. The van der Waals surface area contributed by atoms with Crippen LogP contribution in [0.15, 0.2) is 60.8 Å². The van der Waals surface area contributed by atoms with Crippen molar-refractivity contribution < 1.29 is 19.0 Å². The number of piperazine rings is 1. The molecule has 0 amide bonds. The SMILES string of the molecule is COc1ccc(CN2CCN(c3c(F)cccc3C(O)c3ccccn3)CC2)c(OC)c1. The van der Waals surface area contributed by atoms with Crippen LogP contribution in [0.1, 0.15) is 22.9 Å². The van der Waals surface area contributed by atoms with Crippen LogP contribution < -0.4 is 14.4 Å². The lowest BCUT2D eigenvalue weighted by atomic mass is 10.0. The van der Waals surface area contributed by atoms with Crippen molar-refractivity contribution in [3.63, 3.8) is 0 Å². The Kier molecular flexibility index (Phi) is 6.87. The van der Waals surface area contributed by atoms with Gasteiger partial charge < -0.3 is 19.5 Å². The zero-order valence-electron chi connectivity index (χ0n) is 18.4. The molecule has 1 atom stereocenters. The van der Waals surface area contributed by atoms with Crippen LogP contribution >= 0.6 is 0 Å². The van der Waals surface area contributed by atoms with Crippen LogP contribution in [-0.4, -0.2) is 55.4 Å². The molecule has 0 saturated carbocycles. The molecule has 4 rings (SSSR count). The monoisotopic (exact) mass is 437 g/mol. The first kappa shape index (κ1) is 22.0. The van der Waals surface area contributed by atoms with Crippen molar-refractivity contribution in [3.05, 3.63) is 83.4 Å². The second kappa shape index (κ2) is 9.97. The molecule has 1 fully saturated rings. The van der Waals surface area contributed by atoms with Gasteiger partial charge in [0.25, 0.3) is 0 Å². The number of hydrogen-bond donors (Lipinski definition) is 1. The molecule has 1 aliphatic heterocycles. The molecule has 1 N–H and O–H groups in total. The van der Waals surface area contributed by atoms with Crippen molar-refractivity contribution in [1.82, 2.24) is 9.88 Å². The Labute approximate surface area is 187 Å². The number of nitrogens with zero attached hydrogens (tertiary/aromatic N) is 3. The second-order valence-corrected chi connectivity index (χ2v) is 7.78. The second-order valence-electron chi connectivity index (χ2n) is 7.78. The number of anilines is 1. The van der Waals surface area contributed by atoms with Gasteiger partial charge in [0.15, 0.2) is 0 Å². The Morgan fingerprint density at radius 3 is 2.50 bits per heavy atom. The quantitative estimate of drug-likeness (QED) is 0.609. The number of pyridine rings is 1. The van der Waals surface area contributed by atoms with Crippen LogP contribution in [0.2, 0.25) is 0 Å². The molecular formula is C25H28FN3O3. The molecule has 2 heterocycles. The van der Waals surface area contributed by atoms with Crippen molar-refractivity contribution in [1.29, 1.82) is 0 Å². The van der Waals surface area contributed by atoms with Crippen LogP contribution in [0.4, 0.5) is 10.1 Å². The average molecular weight is 438 g/mol. The summed E-state index contributed by atoms with van der Waals surface area (Å²) in [5.74, 6) is 1.22. The molecule has 0 spiro atoms. The summed E-state index contributed by atoms with van der Waals surface area (Å²) in [4.78, 5) is 8.57. The van der Waals surface area contributed by atoms with E-state index in [1.807, 2.05) is 29.2 Å². The maximum Gasteiger partial charge on any atom is 0.146 e. The van der Waals surface area contributed by atoms with E-state index in [0.29, 0.717) is 30.0 Å². The van der Waals surface area contributed by atoms with E-state index in [9.17, 15) is 9.50 Å². The minimum absolute atomic E-state index is 0.331. The summed E-state index contributed by atoms with van der Waals surface area (Å²) in [5, 5.41) is 10.9. The van der Waals surface area contributed by atoms with Crippen molar-refractivity contribution in [3.8, 4) is 11.5 Å². The largest absolute Gasteiger partial charge is 0.497 e. The number of aliphatic hydroxyl groups is 1. The highest BCUT2D eigenvalue weighted by molar-refractivity contribution is 5.57. The Bertz CT molecular complexity index is 1040. The smallest absolute Gasteiger partial charge is 0.146 e. The zero-order valence-corrected chi connectivity index (χ0v) is 18.4. The minimum atomic E-state index is -0.983. The Hall–Kier alpha value is -3.16. The molecule has 3 aromatic rings. The van der Waals surface area contributed by atoms with E-state index in [4.69, 9.17) is 9.47 Å². The van der Waals surface area contributed by atoms with Crippen molar-refractivity contribution >= 4 is 5.69 Å². The maximum atomic E-state index is 14.9. The number of methoxy groups -OCH3 is 2. The summed E-state index contributed by atoms with van der Waals surface area (Å²) < 4.78 is 25.7. The molecule has 0 radical (unpaired) electrons. The predicted molar refractivity (Wildman–Crippen MR) is 122 cm³/mol. The molecule has 0 aliphatic carbocycles. The number of hydrogen-bond acceptors (Lipinski definition) is 6. The first-order chi connectivity index (χ1) is 15.6. The normalized spacial score (nSPS) is 15.4. The third kappa shape index (κ3) is 4.69. The zero-order chi connectivity index (χ0) is 22.5. The van der Waals surface area contributed by atoms with E-state index >= 15 is 0 Å². The molecule has 1 aliphatic rings. The number of rotatable bonds is 7. The first-order valence-corrected chi connectivity index (χ1v) is 10.7. The molecule has 7 heteroatoms. The Balaban J connectivity index is 1.48. The van der Waals surface area contributed by atoms with E-state index in [0.717, 1.165) is 36.7 Å². The lowest BCUT2D eigenvalue weighted by molar-refractivity contribution is 0.213. The molecule has 1 unspecified atom stereocenters. The fraction of sp³-hybridized carbons (Fsp3) is 0.320. The van der Waals surface area contributed by atoms with Crippen molar-refractivity contribution in [2.24, 2.45) is 0 Å². The van der Waals surface area contributed by atoms with Gasteiger partial charge in [-0.25, -0.2) is 4.39 Å². The number of halogens is 1. The van der Waals surface area contributed by atoms with Crippen LogP contribution in [0, 0.1) is 5.82 Å². The van der Waals surface area contributed by atoms with Gasteiger partial charge in [0, 0.05) is 56.1 Å². The van der Waals surface area contributed by atoms with Crippen LogP contribution in [0.3, 0.4) is 0 Å². The summed E-state index contributed by atoms with van der Waals surface area (Å²) in [6.45, 7) is 3.58. The number of para-hydroxylation sites is 1. The number of ether oxygens (including phenoxy) is 2. The summed E-state index contributed by atoms with van der Waals surface area (Å²) in [6.07, 6.45) is 0.646. The molecule has 1 aromatic heterocycles. The predicted octanol–water partition coefficient (Wildman–Crippen LogP) is 3.64. The summed E-state index contributed by atoms with van der Waals surface area (Å²) in [7, 11) is 3.29. The van der Waals surface area contributed by atoms with Crippen LogP contribution in [-0.2, 0) is 6.54 Å². The molecule has 1 saturated heterocycles. The average Bonchev–Trinajstić information content (AvgIpc) is 2.85. The van der Waals surface area contributed by atoms with E-state index in [1.165, 1.54) is 6.07 Å². The van der Waals surface area contributed by atoms with Gasteiger partial charge >= 0.3 is 0 Å². The van der Waals surface area contributed by atoms with Gasteiger partial charge in [-0.2, -0.15) is 0 Å². The highest BCUT2D eigenvalue weighted by Crippen LogP contribution is 2.33. The van der Waals surface area contributed by atoms with Crippen molar-refractivity contribution in [2.45, 2.75) is 12.6 Å². The van der Waals surface area contributed by atoms with Gasteiger partial charge in [0.1, 0.15) is 23.4 Å². The molecule has 6 nitrogen and oxygen atoms in total. The van der Waals surface area contributed by atoms with Gasteiger partial charge in [-0.3, -0.25) is 9.88 Å². The maximum absolute atomic E-state index is 14.9. The third-order valence-electron chi connectivity index (χ3n) is 5.86. The summed E-state index contributed by atoms with van der Waals surface area (Å²) in [5.41, 5.74) is 2.57. The molecule has 2 aromatic carbocycles. The van der Waals surface area contributed by atoms with Gasteiger partial charge in [-0.05, 0) is 24.3 Å². The fourth-order valence-corrected chi connectivity index (χ4v) is 4.14. The molecule has 168 valence electrons. The van der Waals surface area contributed by atoms with Gasteiger partial charge in [0.2, 0.25) is 0 Å². The highest BCUT2D eigenvalue weighted by Gasteiger charge is 2.26. The van der Waals surface area contributed by atoms with E-state index in [-0.39, 0.29) is 5.82 Å². The molecule has 32 heavy (non-hydrogen) atoms. The Morgan fingerprint density at radius 1 is 1.00 bits per heavy atom. The van der Waals surface area contributed by atoms with Gasteiger partial charge in [0.05, 0.1) is 25.6 Å². The first-order valence-electron chi connectivity index (χ1n) is 10.7. The molecular weight excluding hydrogens is 409 g/mol. The van der Waals surface area contributed by atoms with E-state index < -0.39 is 6.10 Å². The molecule has 0 bridgehead atoms. The van der Waals surface area contributed by atoms with Gasteiger partial charge in [-0.1, -0.05) is 24.3 Å². The Morgan fingerprint density at radius 2 is 1.81 bits per heavy atom. The lowest BCUT2D eigenvalue weighted by Gasteiger charge is -2.37. The van der Waals surface area contributed by atoms with Gasteiger partial charge in [-0.15, -0.1) is 0 Å². The number of aliphatic hydroxyl groups excluding tert-OH is 1. The summed E-state index contributed by atoms with van der Waals surface area (Å²) in [6, 6.07) is 16.0. The fourth-order valence-electron chi connectivity index (χ4n) is 4.14. The topological polar surface area (TPSA) is 58.1 Å².